The van der Waals surface area contributed by atoms with Crippen LogP contribution in [0.4, 0.5) is 0 Å². The molecule has 0 radical (unpaired) electrons. The first kappa shape index (κ1) is 41.2. The highest BCUT2D eigenvalue weighted by Crippen LogP contribution is 2.16. The van der Waals surface area contributed by atoms with Gasteiger partial charge in [-0.3, -0.25) is 0 Å². The summed E-state index contributed by atoms with van der Waals surface area (Å²) in [7, 11) is 0. The number of hydrogen-bond acceptors (Lipinski definition) is 0. The van der Waals surface area contributed by atoms with Gasteiger partial charge in [-0.05, 0) is 32.1 Å². The number of hydrogen-bond donors (Lipinski definition) is 0. The number of imidazole rings is 1. The molecule has 1 heterocycles. The Labute approximate surface area is 279 Å². The summed E-state index contributed by atoms with van der Waals surface area (Å²) in [4.78, 5) is 0. The summed E-state index contributed by atoms with van der Waals surface area (Å²) in [6.07, 6.45) is 53.4. The van der Waals surface area contributed by atoms with Crippen molar-refractivity contribution < 1.29 is 4.57 Å². The number of aryl methyl sites for hydroxylation is 2. The first-order valence-electron chi connectivity index (χ1n) is 20.9. The first-order valence-corrected chi connectivity index (χ1v) is 20.9. The predicted molar refractivity (Wildman–Crippen MR) is 198 cm³/mol. The molecule has 0 saturated carbocycles. The van der Waals surface area contributed by atoms with Crippen molar-refractivity contribution in [2.45, 2.75) is 252 Å². The highest BCUT2D eigenvalue weighted by molar-refractivity contribution is 4.84. The zero-order valence-corrected chi connectivity index (χ0v) is 31.0. The van der Waals surface area contributed by atoms with E-state index in [9.17, 15) is 0 Å². The minimum absolute atomic E-state index is 1.22. The minimum Gasteiger partial charge on any atom is -0.234 e. The normalized spacial score (nSPS) is 11.6. The Kier molecular flexibility index (Phi) is 31.5. The summed E-state index contributed by atoms with van der Waals surface area (Å²) in [5, 5.41) is 0. The Morgan fingerprint density at radius 2 is 0.705 bits per heavy atom. The lowest BCUT2D eigenvalue weighted by Crippen LogP contribution is -2.37. The third-order valence-corrected chi connectivity index (χ3v) is 10.1. The third-order valence-electron chi connectivity index (χ3n) is 10.1. The molecule has 0 spiro atoms. The van der Waals surface area contributed by atoms with Crippen molar-refractivity contribution in [3.63, 3.8) is 0 Å². The van der Waals surface area contributed by atoms with Crippen molar-refractivity contribution in [1.29, 1.82) is 0 Å². The van der Waals surface area contributed by atoms with Gasteiger partial charge < -0.3 is 0 Å². The number of rotatable bonds is 36. The Hall–Kier alpha value is -0.790. The van der Waals surface area contributed by atoms with E-state index in [2.05, 4.69) is 42.3 Å². The maximum atomic E-state index is 2.63. The van der Waals surface area contributed by atoms with Crippen LogP contribution in [0.5, 0.6) is 0 Å². The average molecular weight is 616 g/mol. The number of nitrogens with zero attached hydrogens (tertiary/aromatic N) is 2. The maximum absolute atomic E-state index is 2.63. The first-order chi connectivity index (χ1) is 21.8. The minimum atomic E-state index is 1.22. The van der Waals surface area contributed by atoms with Gasteiger partial charge in [-0.15, -0.1) is 0 Å². The van der Waals surface area contributed by atoms with Crippen LogP contribution in [0.2, 0.25) is 0 Å². The van der Waals surface area contributed by atoms with E-state index in [1.807, 2.05) is 0 Å². The molecule has 1 aromatic heterocycles. The van der Waals surface area contributed by atoms with Gasteiger partial charge >= 0.3 is 0 Å². The largest absolute Gasteiger partial charge is 0.256 e. The van der Waals surface area contributed by atoms with Gasteiger partial charge in [0.1, 0.15) is 12.4 Å². The van der Waals surface area contributed by atoms with Crippen LogP contribution < -0.4 is 4.57 Å². The second kappa shape index (κ2) is 33.6. The van der Waals surface area contributed by atoms with Gasteiger partial charge in [0.15, 0.2) is 0 Å². The van der Waals surface area contributed by atoms with Crippen molar-refractivity contribution >= 4 is 0 Å². The standard InChI is InChI=1S/C42H83N2/c1-4-7-10-13-15-17-19-21-23-25-27-29-31-33-36-39-44-41-40-43(38-35-12-9-6-3)42(44)37-34-32-30-28-26-24-22-20-18-16-14-11-8-5-2/h40-41H,4-39H2,1-3H3/q+1. The Balaban J connectivity index is 2.15. The molecule has 0 bridgehead atoms. The van der Waals surface area contributed by atoms with E-state index in [-0.39, 0.29) is 0 Å². The van der Waals surface area contributed by atoms with Crippen LogP contribution in [-0.2, 0) is 19.5 Å². The molecule has 2 nitrogen and oxygen atoms in total. The van der Waals surface area contributed by atoms with Crippen molar-refractivity contribution in [2.24, 2.45) is 0 Å². The highest BCUT2D eigenvalue weighted by atomic mass is 15.1. The molecule has 0 aliphatic carbocycles. The summed E-state index contributed by atoms with van der Waals surface area (Å²) in [6.45, 7) is 9.40. The van der Waals surface area contributed by atoms with Crippen molar-refractivity contribution in [3.05, 3.63) is 18.2 Å². The summed E-state index contributed by atoms with van der Waals surface area (Å²) in [6, 6.07) is 0. The highest BCUT2D eigenvalue weighted by Gasteiger charge is 2.16. The molecule has 1 aromatic rings. The molecule has 0 atom stereocenters. The Morgan fingerprint density at radius 1 is 0.386 bits per heavy atom. The van der Waals surface area contributed by atoms with Crippen LogP contribution in [-0.4, -0.2) is 4.57 Å². The van der Waals surface area contributed by atoms with Crippen molar-refractivity contribution in [2.75, 3.05) is 0 Å². The van der Waals surface area contributed by atoms with Crippen molar-refractivity contribution in [1.82, 2.24) is 4.57 Å². The van der Waals surface area contributed by atoms with Gasteiger partial charge in [-0.2, -0.15) is 0 Å². The van der Waals surface area contributed by atoms with Crippen LogP contribution in [0, 0.1) is 0 Å². The number of unbranched alkanes of at least 4 members (excludes halogenated alkanes) is 30. The molecule has 0 amide bonds. The van der Waals surface area contributed by atoms with Crippen LogP contribution in [0.3, 0.4) is 0 Å². The Bertz CT molecular complexity index is 677. The SMILES string of the molecule is CCCCCCCCCCCCCCCCC[n+]1ccn(CCCCCC)c1CCCCCCCCCCCCCCCC. The van der Waals surface area contributed by atoms with E-state index < -0.39 is 0 Å². The molecular weight excluding hydrogens is 532 g/mol. The molecule has 0 N–H and O–H groups in total. The Morgan fingerprint density at radius 3 is 1.09 bits per heavy atom. The van der Waals surface area contributed by atoms with Gasteiger partial charge in [0.25, 0.3) is 5.82 Å². The third kappa shape index (κ3) is 25.4. The summed E-state index contributed by atoms with van der Waals surface area (Å²) in [5.74, 6) is 1.62. The van der Waals surface area contributed by atoms with Gasteiger partial charge in [-0.1, -0.05) is 201 Å². The fourth-order valence-electron chi connectivity index (χ4n) is 7.03. The molecule has 44 heavy (non-hydrogen) atoms. The summed E-state index contributed by atoms with van der Waals surface area (Å²) in [5.41, 5.74) is 0. The van der Waals surface area contributed by atoms with Crippen molar-refractivity contribution in [3.8, 4) is 0 Å². The van der Waals surface area contributed by atoms with Crippen LogP contribution in [0.25, 0.3) is 0 Å². The zero-order chi connectivity index (χ0) is 31.6. The molecule has 0 unspecified atom stereocenters. The summed E-state index contributed by atoms with van der Waals surface area (Å²) >= 11 is 0. The monoisotopic (exact) mass is 616 g/mol. The van der Waals surface area contributed by atoms with Gasteiger partial charge in [0, 0.05) is 6.42 Å². The van der Waals surface area contributed by atoms with E-state index in [4.69, 9.17) is 0 Å². The molecule has 0 fully saturated rings. The average Bonchev–Trinajstić information content (AvgIpc) is 3.42. The molecule has 2 heteroatoms. The molecule has 0 saturated heterocycles. The molecule has 260 valence electrons. The van der Waals surface area contributed by atoms with E-state index in [1.165, 1.54) is 231 Å². The lowest BCUT2D eigenvalue weighted by Gasteiger charge is -2.07. The van der Waals surface area contributed by atoms with E-state index in [0.29, 0.717) is 0 Å². The summed E-state index contributed by atoms with van der Waals surface area (Å²) < 4.78 is 5.24. The quantitative estimate of drug-likeness (QED) is 0.0524. The van der Waals surface area contributed by atoms with Crippen LogP contribution in [0.1, 0.15) is 238 Å². The predicted octanol–water partition coefficient (Wildman–Crippen LogP) is 14.3. The van der Waals surface area contributed by atoms with E-state index >= 15 is 0 Å². The molecule has 1 rings (SSSR count). The smallest absolute Gasteiger partial charge is 0.234 e. The molecule has 0 aliphatic rings. The zero-order valence-electron chi connectivity index (χ0n) is 31.0. The number of aromatic nitrogens is 2. The van der Waals surface area contributed by atoms with Gasteiger partial charge in [0.05, 0.1) is 13.1 Å². The topological polar surface area (TPSA) is 8.81 Å². The second-order valence-electron chi connectivity index (χ2n) is 14.5. The lowest BCUT2D eigenvalue weighted by molar-refractivity contribution is -0.704. The van der Waals surface area contributed by atoms with Crippen LogP contribution >= 0.6 is 0 Å². The van der Waals surface area contributed by atoms with E-state index in [1.54, 1.807) is 5.82 Å². The fraction of sp³-hybridized carbons (Fsp3) is 0.929. The van der Waals surface area contributed by atoms with Crippen LogP contribution in [0.15, 0.2) is 12.4 Å². The van der Waals surface area contributed by atoms with E-state index in [0.717, 1.165) is 0 Å². The fourth-order valence-corrected chi connectivity index (χ4v) is 7.03. The maximum Gasteiger partial charge on any atom is 0.256 e. The van der Waals surface area contributed by atoms with Gasteiger partial charge in [0.2, 0.25) is 0 Å². The molecular formula is C42H83N2+. The second-order valence-corrected chi connectivity index (χ2v) is 14.5. The molecule has 0 aromatic carbocycles. The molecule has 0 aliphatic heterocycles. The lowest BCUT2D eigenvalue weighted by atomic mass is 10.0. The van der Waals surface area contributed by atoms with Gasteiger partial charge in [-0.25, -0.2) is 9.13 Å².